The maximum absolute atomic E-state index is 13.4. The molecule has 4 nitrogen and oxygen atoms in total. The summed E-state index contributed by atoms with van der Waals surface area (Å²) >= 11 is 0. The summed E-state index contributed by atoms with van der Waals surface area (Å²) in [7, 11) is 0. The molecule has 0 radical (unpaired) electrons. The van der Waals surface area contributed by atoms with Crippen molar-refractivity contribution in [3.8, 4) is 0 Å². The van der Waals surface area contributed by atoms with E-state index in [2.05, 4.69) is 5.32 Å². The molecule has 1 amide bonds. The minimum absolute atomic E-state index is 0.0874. The SMILES string of the molecule is CC(C)(C)OC(=O)Nc1cccc(C(F)CN)c1. The van der Waals surface area contributed by atoms with Crippen LogP contribution in [0, 0.1) is 0 Å². The summed E-state index contributed by atoms with van der Waals surface area (Å²) in [6, 6.07) is 6.49. The van der Waals surface area contributed by atoms with Gasteiger partial charge in [-0.05, 0) is 38.5 Å². The second kappa shape index (κ2) is 5.82. The third kappa shape index (κ3) is 4.71. The number of halogens is 1. The molecule has 1 aromatic rings. The van der Waals surface area contributed by atoms with E-state index in [-0.39, 0.29) is 6.54 Å². The molecule has 0 spiro atoms. The lowest BCUT2D eigenvalue weighted by Crippen LogP contribution is -2.27. The van der Waals surface area contributed by atoms with Crippen LogP contribution in [-0.4, -0.2) is 18.2 Å². The second-order valence-corrected chi connectivity index (χ2v) is 4.96. The maximum atomic E-state index is 13.4. The predicted molar refractivity (Wildman–Crippen MR) is 69.2 cm³/mol. The fourth-order valence-corrected chi connectivity index (χ4v) is 1.37. The Hall–Kier alpha value is -1.62. The minimum atomic E-state index is -1.23. The van der Waals surface area contributed by atoms with E-state index in [9.17, 15) is 9.18 Å². The molecule has 18 heavy (non-hydrogen) atoms. The molecule has 0 fully saturated rings. The number of hydrogen-bond donors (Lipinski definition) is 2. The van der Waals surface area contributed by atoms with E-state index in [4.69, 9.17) is 10.5 Å². The van der Waals surface area contributed by atoms with Crippen molar-refractivity contribution in [2.45, 2.75) is 32.5 Å². The lowest BCUT2D eigenvalue weighted by molar-refractivity contribution is 0.0636. The normalized spacial score (nSPS) is 12.9. The molecule has 1 unspecified atom stereocenters. The van der Waals surface area contributed by atoms with Gasteiger partial charge in [-0.2, -0.15) is 0 Å². The molecule has 3 N–H and O–H groups in total. The number of benzene rings is 1. The number of hydrogen-bond acceptors (Lipinski definition) is 3. The quantitative estimate of drug-likeness (QED) is 0.871. The van der Waals surface area contributed by atoms with Gasteiger partial charge in [0.25, 0.3) is 0 Å². The monoisotopic (exact) mass is 254 g/mol. The lowest BCUT2D eigenvalue weighted by atomic mass is 10.1. The molecule has 1 atom stereocenters. The molecule has 0 heterocycles. The van der Waals surface area contributed by atoms with Crippen molar-refractivity contribution >= 4 is 11.8 Å². The molecule has 0 aliphatic heterocycles. The standard InChI is InChI=1S/C13H19FN2O2/c1-13(2,3)18-12(17)16-10-6-4-5-9(7-10)11(14)8-15/h4-7,11H,8,15H2,1-3H3,(H,16,17). The zero-order valence-corrected chi connectivity index (χ0v) is 10.9. The molecule has 0 aliphatic rings. The van der Waals surface area contributed by atoms with Gasteiger partial charge >= 0.3 is 6.09 Å². The molecule has 1 rings (SSSR count). The number of anilines is 1. The minimum Gasteiger partial charge on any atom is -0.444 e. The Morgan fingerprint density at radius 3 is 2.72 bits per heavy atom. The average Bonchev–Trinajstić information content (AvgIpc) is 2.25. The van der Waals surface area contributed by atoms with Gasteiger partial charge in [-0.15, -0.1) is 0 Å². The molecule has 100 valence electrons. The van der Waals surface area contributed by atoms with Crippen LogP contribution in [0.2, 0.25) is 0 Å². The fourth-order valence-electron chi connectivity index (χ4n) is 1.37. The van der Waals surface area contributed by atoms with E-state index in [1.807, 2.05) is 0 Å². The Morgan fingerprint density at radius 2 is 2.17 bits per heavy atom. The first-order valence-corrected chi connectivity index (χ1v) is 5.76. The number of nitrogens with two attached hydrogens (primary N) is 1. The van der Waals surface area contributed by atoms with Gasteiger partial charge in [-0.25, -0.2) is 9.18 Å². The molecule has 5 heteroatoms. The number of carbonyl (C=O) groups excluding carboxylic acids is 1. The number of carbonyl (C=O) groups is 1. The van der Waals surface area contributed by atoms with Gasteiger partial charge in [-0.3, -0.25) is 5.32 Å². The Morgan fingerprint density at radius 1 is 1.50 bits per heavy atom. The van der Waals surface area contributed by atoms with Crippen LogP contribution >= 0.6 is 0 Å². The Kier molecular flexibility index (Phi) is 4.67. The maximum Gasteiger partial charge on any atom is 0.412 e. The summed E-state index contributed by atoms with van der Waals surface area (Å²) in [5, 5.41) is 2.55. The molecular formula is C13H19FN2O2. The van der Waals surface area contributed by atoms with Crippen LogP contribution in [0.1, 0.15) is 32.5 Å². The van der Waals surface area contributed by atoms with Gasteiger partial charge in [0, 0.05) is 12.2 Å². The average molecular weight is 254 g/mol. The van der Waals surface area contributed by atoms with Crippen molar-refractivity contribution in [1.82, 2.24) is 0 Å². The third-order valence-corrected chi connectivity index (χ3v) is 2.10. The molecule has 0 aromatic heterocycles. The lowest BCUT2D eigenvalue weighted by Gasteiger charge is -2.19. The topological polar surface area (TPSA) is 64.3 Å². The highest BCUT2D eigenvalue weighted by molar-refractivity contribution is 5.84. The van der Waals surface area contributed by atoms with Gasteiger partial charge in [0.05, 0.1) is 0 Å². The highest BCUT2D eigenvalue weighted by Crippen LogP contribution is 2.20. The Balaban J connectivity index is 2.71. The van der Waals surface area contributed by atoms with Crippen LogP contribution in [0.5, 0.6) is 0 Å². The van der Waals surface area contributed by atoms with Crippen LogP contribution in [0.4, 0.5) is 14.9 Å². The predicted octanol–water partition coefficient (Wildman–Crippen LogP) is 3.00. The number of amides is 1. The highest BCUT2D eigenvalue weighted by atomic mass is 19.1. The first kappa shape index (κ1) is 14.4. The first-order valence-electron chi connectivity index (χ1n) is 5.76. The van der Waals surface area contributed by atoms with Gasteiger partial charge < -0.3 is 10.5 Å². The largest absolute Gasteiger partial charge is 0.444 e. The van der Waals surface area contributed by atoms with Crippen molar-refractivity contribution in [1.29, 1.82) is 0 Å². The fraction of sp³-hybridized carbons (Fsp3) is 0.462. The van der Waals surface area contributed by atoms with E-state index in [1.54, 1.807) is 45.0 Å². The summed E-state index contributed by atoms with van der Waals surface area (Å²) in [4.78, 5) is 11.5. The van der Waals surface area contributed by atoms with Crippen molar-refractivity contribution in [2.24, 2.45) is 5.73 Å². The van der Waals surface area contributed by atoms with Gasteiger partial charge in [0.15, 0.2) is 0 Å². The van der Waals surface area contributed by atoms with Crippen LogP contribution in [0.3, 0.4) is 0 Å². The van der Waals surface area contributed by atoms with Crippen LogP contribution in [0.15, 0.2) is 24.3 Å². The molecule has 0 bridgehead atoms. The van der Waals surface area contributed by atoms with E-state index in [0.717, 1.165) is 0 Å². The van der Waals surface area contributed by atoms with Crippen LogP contribution in [-0.2, 0) is 4.74 Å². The summed E-state index contributed by atoms with van der Waals surface area (Å²) in [6.07, 6.45) is -1.80. The first-order chi connectivity index (χ1) is 8.31. The molecule has 0 saturated heterocycles. The van der Waals surface area contributed by atoms with Crippen molar-refractivity contribution in [3.05, 3.63) is 29.8 Å². The molecular weight excluding hydrogens is 235 g/mol. The van der Waals surface area contributed by atoms with E-state index in [0.29, 0.717) is 11.3 Å². The molecule has 0 aliphatic carbocycles. The van der Waals surface area contributed by atoms with Crippen LogP contribution in [0.25, 0.3) is 0 Å². The molecule has 1 aromatic carbocycles. The van der Waals surface area contributed by atoms with Crippen molar-refractivity contribution in [2.75, 3.05) is 11.9 Å². The van der Waals surface area contributed by atoms with Crippen molar-refractivity contribution in [3.63, 3.8) is 0 Å². The van der Waals surface area contributed by atoms with Gasteiger partial charge in [-0.1, -0.05) is 12.1 Å². The summed E-state index contributed by atoms with van der Waals surface area (Å²) in [5.74, 6) is 0. The number of alkyl halides is 1. The van der Waals surface area contributed by atoms with E-state index in [1.165, 1.54) is 0 Å². The smallest absolute Gasteiger partial charge is 0.412 e. The zero-order valence-electron chi connectivity index (χ0n) is 10.9. The summed E-state index contributed by atoms with van der Waals surface area (Å²) < 4.78 is 18.5. The number of rotatable bonds is 3. The van der Waals surface area contributed by atoms with E-state index >= 15 is 0 Å². The zero-order chi connectivity index (χ0) is 13.8. The van der Waals surface area contributed by atoms with Gasteiger partial charge in [0.2, 0.25) is 0 Å². The number of nitrogens with one attached hydrogen (secondary N) is 1. The van der Waals surface area contributed by atoms with Crippen LogP contribution < -0.4 is 11.1 Å². The third-order valence-electron chi connectivity index (χ3n) is 2.10. The highest BCUT2D eigenvalue weighted by Gasteiger charge is 2.16. The Labute approximate surface area is 106 Å². The summed E-state index contributed by atoms with van der Waals surface area (Å²) in [6.45, 7) is 5.23. The van der Waals surface area contributed by atoms with Crippen molar-refractivity contribution < 1.29 is 13.9 Å². The van der Waals surface area contributed by atoms with Gasteiger partial charge in [0.1, 0.15) is 11.8 Å². The Bertz CT molecular complexity index is 416. The second-order valence-electron chi connectivity index (χ2n) is 4.96. The molecule has 0 saturated carbocycles. The summed E-state index contributed by atoms with van der Waals surface area (Å²) in [5.41, 5.74) is 5.60. The number of ether oxygens (including phenoxy) is 1. The van der Waals surface area contributed by atoms with E-state index < -0.39 is 17.9 Å².